The van der Waals surface area contributed by atoms with E-state index >= 15 is 0 Å². The number of anilines is 2. The molecule has 1 fully saturated rings. The van der Waals surface area contributed by atoms with Crippen molar-refractivity contribution in [3.63, 3.8) is 0 Å². The molecule has 0 aliphatic carbocycles. The van der Waals surface area contributed by atoms with Crippen LogP contribution >= 0.6 is 11.3 Å². The maximum atomic E-state index is 14.9. The van der Waals surface area contributed by atoms with Gasteiger partial charge in [-0.2, -0.15) is 0 Å². The number of nitrogens with zero attached hydrogens (tertiary/aromatic N) is 2. The third kappa shape index (κ3) is 3.39. The van der Waals surface area contributed by atoms with E-state index in [9.17, 15) is 19.1 Å². The first-order chi connectivity index (χ1) is 15.6. The molecule has 1 unspecified atom stereocenters. The van der Waals surface area contributed by atoms with Crippen molar-refractivity contribution < 1.29 is 19.1 Å². The second-order valence-electron chi connectivity index (χ2n) is 7.88. The van der Waals surface area contributed by atoms with Crippen molar-refractivity contribution in [2.75, 3.05) is 22.9 Å². The topological polar surface area (TPSA) is 60.9 Å². The third-order valence-electron chi connectivity index (χ3n) is 6.00. The van der Waals surface area contributed by atoms with Crippen LogP contribution in [0, 0.1) is 5.82 Å². The summed E-state index contributed by atoms with van der Waals surface area (Å²) in [6, 6.07) is 15.7. The minimum absolute atomic E-state index is 0.105. The molecular weight excluding hydrogens is 427 g/mol. The van der Waals surface area contributed by atoms with E-state index in [0.717, 1.165) is 31.6 Å². The first kappa shape index (κ1) is 20.5. The van der Waals surface area contributed by atoms with Gasteiger partial charge >= 0.3 is 0 Å². The highest BCUT2D eigenvalue weighted by Crippen LogP contribution is 2.43. The molecule has 32 heavy (non-hydrogen) atoms. The smallest absolute Gasteiger partial charge is 0.294 e. The summed E-state index contributed by atoms with van der Waals surface area (Å²) in [4.78, 5) is 30.4. The molecule has 1 atom stereocenters. The third-order valence-corrected chi connectivity index (χ3v) is 6.87. The lowest BCUT2D eigenvalue weighted by atomic mass is 9.94. The van der Waals surface area contributed by atoms with Crippen LogP contribution in [0.2, 0.25) is 0 Å². The summed E-state index contributed by atoms with van der Waals surface area (Å²) in [7, 11) is 0. The summed E-state index contributed by atoms with van der Waals surface area (Å²) in [6.07, 6.45) is 2.29. The lowest BCUT2D eigenvalue weighted by Crippen LogP contribution is -2.31. The van der Waals surface area contributed by atoms with Crippen LogP contribution in [0.15, 0.2) is 77.4 Å². The van der Waals surface area contributed by atoms with Crippen molar-refractivity contribution in [3.05, 3.63) is 93.6 Å². The molecule has 2 aliphatic heterocycles. The van der Waals surface area contributed by atoms with Crippen molar-refractivity contribution in [2.24, 2.45) is 0 Å². The zero-order chi connectivity index (χ0) is 22.2. The number of halogens is 1. The predicted octanol–water partition coefficient (Wildman–Crippen LogP) is 5.27. The van der Waals surface area contributed by atoms with E-state index in [1.54, 1.807) is 47.8 Å². The predicted molar refractivity (Wildman–Crippen MR) is 123 cm³/mol. The Bertz CT molecular complexity index is 1200. The summed E-state index contributed by atoms with van der Waals surface area (Å²) in [5.41, 5.74) is 1.60. The summed E-state index contributed by atoms with van der Waals surface area (Å²) in [5.74, 6) is -2.38. The zero-order valence-electron chi connectivity index (χ0n) is 17.2. The highest BCUT2D eigenvalue weighted by molar-refractivity contribution is 7.12. The molecule has 7 heteroatoms. The number of carbonyl (C=O) groups is 2. The van der Waals surface area contributed by atoms with Crippen LogP contribution in [0.25, 0.3) is 0 Å². The lowest BCUT2D eigenvalue weighted by molar-refractivity contribution is -0.117. The number of Topliss-reactive ketones (excluding diaryl/α,β-unsaturated/α-hetero) is 1. The number of aliphatic hydroxyl groups is 1. The minimum Gasteiger partial charge on any atom is -0.503 e. The van der Waals surface area contributed by atoms with Crippen molar-refractivity contribution in [1.82, 2.24) is 0 Å². The van der Waals surface area contributed by atoms with Crippen LogP contribution in [0.3, 0.4) is 0 Å². The summed E-state index contributed by atoms with van der Waals surface area (Å²) in [6.45, 7) is 1.98. The number of amides is 1. The standard InChI is InChI=1S/C25H21FN2O3S/c26-19-7-2-1-6-18(19)22-21(23(29)20-8-5-15-32-20)24(30)25(31)28(22)17-11-9-16(10-12-17)27-13-3-4-14-27/h1-2,5-12,15,22,30H,3-4,13-14H2. The molecule has 1 N–H and O–H groups in total. The number of rotatable bonds is 5. The van der Waals surface area contributed by atoms with Crippen LogP contribution in [0.4, 0.5) is 15.8 Å². The zero-order valence-corrected chi connectivity index (χ0v) is 18.0. The highest BCUT2D eigenvalue weighted by Gasteiger charge is 2.45. The number of carbonyl (C=O) groups excluding carboxylic acids is 2. The van der Waals surface area contributed by atoms with Gasteiger partial charge in [-0.25, -0.2) is 4.39 Å². The summed E-state index contributed by atoms with van der Waals surface area (Å²) in [5, 5.41) is 12.5. The second-order valence-corrected chi connectivity index (χ2v) is 8.83. The summed E-state index contributed by atoms with van der Waals surface area (Å²) >= 11 is 1.21. The minimum atomic E-state index is -1.06. The molecule has 2 aromatic carbocycles. The molecule has 162 valence electrons. The number of thiophene rings is 1. The molecule has 3 heterocycles. The molecule has 0 radical (unpaired) electrons. The van der Waals surface area contributed by atoms with E-state index < -0.39 is 29.3 Å². The van der Waals surface area contributed by atoms with Gasteiger partial charge < -0.3 is 10.0 Å². The Kier molecular flexibility index (Phi) is 5.27. The fourth-order valence-corrected chi connectivity index (χ4v) is 5.11. The molecule has 0 saturated carbocycles. The van der Waals surface area contributed by atoms with Crippen LogP contribution in [0.5, 0.6) is 0 Å². The van der Waals surface area contributed by atoms with Gasteiger partial charge in [0.15, 0.2) is 5.76 Å². The van der Waals surface area contributed by atoms with E-state index in [1.165, 1.54) is 22.3 Å². The van der Waals surface area contributed by atoms with Gasteiger partial charge in [0.25, 0.3) is 5.91 Å². The molecule has 1 amide bonds. The van der Waals surface area contributed by atoms with Crippen molar-refractivity contribution in [3.8, 4) is 0 Å². The van der Waals surface area contributed by atoms with Crippen molar-refractivity contribution in [2.45, 2.75) is 18.9 Å². The SMILES string of the molecule is O=C(C1=C(O)C(=O)N(c2ccc(N3CCCC3)cc2)C1c1ccccc1F)c1cccs1. The van der Waals surface area contributed by atoms with Gasteiger partial charge in [-0.15, -0.1) is 11.3 Å². The van der Waals surface area contributed by atoms with Crippen LogP contribution in [-0.2, 0) is 4.79 Å². The molecule has 5 nitrogen and oxygen atoms in total. The monoisotopic (exact) mass is 448 g/mol. The average Bonchev–Trinajstić information content (AvgIpc) is 3.57. The molecule has 1 saturated heterocycles. The maximum absolute atomic E-state index is 14.9. The van der Waals surface area contributed by atoms with E-state index in [-0.39, 0.29) is 11.1 Å². The van der Waals surface area contributed by atoms with Gasteiger partial charge in [0, 0.05) is 30.0 Å². The number of hydrogen-bond acceptors (Lipinski definition) is 5. The maximum Gasteiger partial charge on any atom is 0.294 e. The second kappa shape index (κ2) is 8.24. The van der Waals surface area contributed by atoms with Gasteiger partial charge in [0.1, 0.15) is 5.82 Å². The van der Waals surface area contributed by atoms with Crippen LogP contribution in [0.1, 0.15) is 34.1 Å². The number of benzene rings is 2. The first-order valence-electron chi connectivity index (χ1n) is 10.5. The quantitative estimate of drug-likeness (QED) is 0.540. The Balaban J connectivity index is 1.59. The van der Waals surface area contributed by atoms with Gasteiger partial charge in [-0.05, 0) is 54.6 Å². The van der Waals surface area contributed by atoms with Gasteiger partial charge in [0.2, 0.25) is 5.78 Å². The van der Waals surface area contributed by atoms with Gasteiger partial charge in [-0.3, -0.25) is 14.5 Å². The molecule has 0 spiro atoms. The molecular formula is C25H21FN2O3S. The Hall–Kier alpha value is -3.45. The van der Waals surface area contributed by atoms with Gasteiger partial charge in [0.05, 0.1) is 16.5 Å². The molecule has 3 aromatic rings. The van der Waals surface area contributed by atoms with Crippen molar-refractivity contribution >= 4 is 34.4 Å². The van der Waals surface area contributed by atoms with E-state index in [4.69, 9.17) is 0 Å². The number of aliphatic hydroxyl groups excluding tert-OH is 1. The Morgan fingerprint density at radius 3 is 2.31 bits per heavy atom. The van der Waals surface area contributed by atoms with E-state index in [0.29, 0.717) is 10.6 Å². The average molecular weight is 449 g/mol. The van der Waals surface area contributed by atoms with E-state index in [2.05, 4.69) is 4.90 Å². The number of ketones is 1. The Morgan fingerprint density at radius 2 is 1.66 bits per heavy atom. The molecule has 0 bridgehead atoms. The fraction of sp³-hybridized carbons (Fsp3) is 0.200. The Labute approximate surface area is 189 Å². The lowest BCUT2D eigenvalue weighted by Gasteiger charge is -2.28. The highest BCUT2D eigenvalue weighted by atomic mass is 32.1. The van der Waals surface area contributed by atoms with Crippen LogP contribution in [-0.4, -0.2) is 29.9 Å². The molecule has 2 aliphatic rings. The molecule has 1 aromatic heterocycles. The first-order valence-corrected chi connectivity index (χ1v) is 11.4. The summed E-state index contributed by atoms with van der Waals surface area (Å²) < 4.78 is 14.9. The van der Waals surface area contributed by atoms with Crippen LogP contribution < -0.4 is 9.80 Å². The Morgan fingerprint density at radius 1 is 0.969 bits per heavy atom. The van der Waals surface area contributed by atoms with Crippen molar-refractivity contribution in [1.29, 1.82) is 0 Å². The van der Waals surface area contributed by atoms with E-state index in [1.807, 2.05) is 12.1 Å². The fourth-order valence-electron chi connectivity index (χ4n) is 4.43. The molecule has 5 rings (SSSR count). The normalized spacial score (nSPS) is 18.7. The van der Waals surface area contributed by atoms with Gasteiger partial charge in [-0.1, -0.05) is 24.3 Å². The number of hydrogen-bond donors (Lipinski definition) is 1. The largest absolute Gasteiger partial charge is 0.503 e.